The van der Waals surface area contributed by atoms with E-state index >= 15 is 0 Å². The average molecular weight is 385 g/mol. The number of hydrogen-bond donors (Lipinski definition) is 2. The highest BCUT2D eigenvalue weighted by Crippen LogP contribution is 2.16. The van der Waals surface area contributed by atoms with E-state index in [0.717, 1.165) is 4.47 Å². The normalized spacial score (nSPS) is 10.9. The van der Waals surface area contributed by atoms with E-state index in [-0.39, 0.29) is 6.61 Å². The van der Waals surface area contributed by atoms with Gasteiger partial charge in [-0.25, -0.2) is 0 Å². The van der Waals surface area contributed by atoms with Crippen LogP contribution in [0.1, 0.15) is 0 Å². The second kappa shape index (κ2) is 8.59. The summed E-state index contributed by atoms with van der Waals surface area (Å²) < 4.78 is 45.4. The number of carbonyl (C=O) groups excluding carboxylic acids is 2. The van der Waals surface area contributed by atoms with Crippen molar-refractivity contribution < 1.29 is 32.2 Å². The molecule has 0 fully saturated rings. The minimum atomic E-state index is -4.51. The molecular formula is C12H12BrF3N2O4. The second-order valence-corrected chi connectivity index (χ2v) is 4.86. The maximum absolute atomic E-state index is 11.8. The molecule has 10 heteroatoms. The molecule has 1 rings (SSSR count). The SMILES string of the molecule is O=C(COCC(F)(F)F)NNC(=O)COc1ccc(Br)cc1. The summed E-state index contributed by atoms with van der Waals surface area (Å²) in [6.45, 7) is -2.74. The first-order chi connectivity index (χ1) is 10.3. The van der Waals surface area contributed by atoms with Gasteiger partial charge in [-0.2, -0.15) is 13.2 Å². The lowest BCUT2D eigenvalue weighted by Gasteiger charge is -2.10. The number of halogens is 4. The molecule has 1 aromatic rings. The lowest BCUT2D eigenvalue weighted by molar-refractivity contribution is -0.176. The van der Waals surface area contributed by atoms with Crippen LogP contribution in [-0.2, 0) is 14.3 Å². The topological polar surface area (TPSA) is 76.7 Å². The molecule has 0 heterocycles. The molecule has 122 valence electrons. The second-order valence-electron chi connectivity index (χ2n) is 3.95. The molecular weight excluding hydrogens is 373 g/mol. The van der Waals surface area contributed by atoms with Gasteiger partial charge in [0.2, 0.25) is 0 Å². The molecule has 0 radical (unpaired) electrons. The van der Waals surface area contributed by atoms with Gasteiger partial charge in [-0.15, -0.1) is 0 Å². The Balaban J connectivity index is 2.17. The molecule has 0 aliphatic rings. The predicted molar refractivity (Wildman–Crippen MR) is 72.8 cm³/mol. The third kappa shape index (κ3) is 8.47. The van der Waals surface area contributed by atoms with Crippen LogP contribution in [0.5, 0.6) is 5.75 Å². The van der Waals surface area contributed by atoms with Gasteiger partial charge >= 0.3 is 6.18 Å². The van der Waals surface area contributed by atoms with E-state index in [0.29, 0.717) is 5.75 Å². The van der Waals surface area contributed by atoms with Crippen LogP contribution in [0.15, 0.2) is 28.7 Å². The molecule has 22 heavy (non-hydrogen) atoms. The zero-order chi connectivity index (χ0) is 16.6. The molecule has 0 bridgehead atoms. The van der Waals surface area contributed by atoms with Gasteiger partial charge in [0, 0.05) is 4.47 Å². The zero-order valence-electron chi connectivity index (χ0n) is 11.1. The summed E-state index contributed by atoms with van der Waals surface area (Å²) in [5.41, 5.74) is 3.87. The maximum atomic E-state index is 11.8. The van der Waals surface area contributed by atoms with Crippen molar-refractivity contribution in [3.63, 3.8) is 0 Å². The number of benzene rings is 1. The Bertz CT molecular complexity index is 508. The molecule has 2 N–H and O–H groups in total. The van der Waals surface area contributed by atoms with Crippen LogP contribution in [0, 0.1) is 0 Å². The third-order valence-electron chi connectivity index (χ3n) is 2.02. The van der Waals surface area contributed by atoms with E-state index < -0.39 is 31.2 Å². The highest BCUT2D eigenvalue weighted by molar-refractivity contribution is 9.10. The summed E-state index contributed by atoms with van der Waals surface area (Å²) in [5.74, 6) is -1.15. The van der Waals surface area contributed by atoms with Crippen LogP contribution in [0.2, 0.25) is 0 Å². The van der Waals surface area contributed by atoms with E-state index in [1.807, 2.05) is 10.9 Å². The number of nitrogens with one attached hydrogen (secondary N) is 2. The van der Waals surface area contributed by atoms with Crippen LogP contribution in [0.25, 0.3) is 0 Å². The monoisotopic (exact) mass is 384 g/mol. The molecule has 0 saturated heterocycles. The van der Waals surface area contributed by atoms with Crippen molar-refractivity contribution in [2.75, 3.05) is 19.8 Å². The van der Waals surface area contributed by atoms with Crippen molar-refractivity contribution in [1.29, 1.82) is 0 Å². The number of hydrazine groups is 1. The van der Waals surface area contributed by atoms with Gasteiger partial charge in [-0.05, 0) is 24.3 Å². The van der Waals surface area contributed by atoms with Crippen LogP contribution in [0.3, 0.4) is 0 Å². The summed E-state index contributed by atoms with van der Waals surface area (Å²) in [6, 6.07) is 6.68. The van der Waals surface area contributed by atoms with Crippen LogP contribution in [0.4, 0.5) is 13.2 Å². The van der Waals surface area contributed by atoms with Gasteiger partial charge < -0.3 is 9.47 Å². The van der Waals surface area contributed by atoms with Crippen LogP contribution >= 0.6 is 15.9 Å². The summed E-state index contributed by atoms with van der Waals surface area (Å²) >= 11 is 3.23. The Morgan fingerprint density at radius 3 is 2.14 bits per heavy atom. The number of alkyl halides is 3. The third-order valence-corrected chi connectivity index (χ3v) is 2.55. The molecule has 2 amide bonds. The predicted octanol–water partition coefficient (Wildman–Crippen LogP) is 1.55. The minimum absolute atomic E-state index is 0.370. The molecule has 1 aromatic carbocycles. The summed E-state index contributed by atoms with van der Waals surface area (Å²) in [4.78, 5) is 22.4. The fourth-order valence-electron chi connectivity index (χ4n) is 1.15. The van der Waals surface area contributed by atoms with Crippen LogP contribution < -0.4 is 15.6 Å². The molecule has 6 nitrogen and oxygen atoms in total. The lowest BCUT2D eigenvalue weighted by atomic mass is 10.3. The van der Waals surface area contributed by atoms with Gasteiger partial charge in [-0.3, -0.25) is 20.4 Å². The average Bonchev–Trinajstić information content (AvgIpc) is 2.43. The number of carbonyl (C=O) groups is 2. The van der Waals surface area contributed by atoms with Crippen molar-refractivity contribution in [1.82, 2.24) is 10.9 Å². The molecule has 0 aromatic heterocycles. The fourth-order valence-corrected chi connectivity index (χ4v) is 1.42. The number of hydrogen-bond acceptors (Lipinski definition) is 4. The van der Waals surface area contributed by atoms with E-state index in [1.54, 1.807) is 24.3 Å². The standard InChI is InChI=1S/C12H12BrF3N2O4/c13-8-1-3-9(4-2-8)22-6-11(20)18-17-10(19)5-21-7-12(14,15)16/h1-4H,5-7H2,(H,17,19)(H,18,20). The Labute approximate surface area is 132 Å². The maximum Gasteiger partial charge on any atom is 0.411 e. The lowest BCUT2D eigenvalue weighted by Crippen LogP contribution is -2.45. The fraction of sp³-hybridized carbons (Fsp3) is 0.333. The Hall–Kier alpha value is -1.81. The summed E-state index contributed by atoms with van der Waals surface area (Å²) in [5, 5.41) is 0. The number of rotatable bonds is 6. The van der Waals surface area contributed by atoms with Gasteiger partial charge in [0.05, 0.1) is 0 Å². The first kappa shape index (κ1) is 18.2. The molecule has 0 saturated carbocycles. The molecule has 0 aliphatic carbocycles. The minimum Gasteiger partial charge on any atom is -0.484 e. The quantitative estimate of drug-likeness (QED) is 0.729. The Morgan fingerprint density at radius 2 is 1.59 bits per heavy atom. The smallest absolute Gasteiger partial charge is 0.411 e. The van der Waals surface area contributed by atoms with E-state index in [2.05, 4.69) is 20.7 Å². The Kier molecular flexibility index (Phi) is 7.12. The van der Waals surface area contributed by atoms with Gasteiger partial charge in [-0.1, -0.05) is 15.9 Å². The van der Waals surface area contributed by atoms with Crippen molar-refractivity contribution in [2.45, 2.75) is 6.18 Å². The van der Waals surface area contributed by atoms with Crippen molar-refractivity contribution in [3.8, 4) is 5.75 Å². The Morgan fingerprint density at radius 1 is 1.05 bits per heavy atom. The van der Waals surface area contributed by atoms with E-state index in [1.165, 1.54) is 0 Å². The van der Waals surface area contributed by atoms with Crippen molar-refractivity contribution in [3.05, 3.63) is 28.7 Å². The summed E-state index contributed by atoms with van der Waals surface area (Å²) in [7, 11) is 0. The molecule has 0 unspecified atom stereocenters. The van der Waals surface area contributed by atoms with E-state index in [4.69, 9.17) is 4.74 Å². The van der Waals surface area contributed by atoms with Gasteiger partial charge in [0.15, 0.2) is 6.61 Å². The van der Waals surface area contributed by atoms with E-state index in [9.17, 15) is 22.8 Å². The zero-order valence-corrected chi connectivity index (χ0v) is 12.7. The highest BCUT2D eigenvalue weighted by Gasteiger charge is 2.27. The van der Waals surface area contributed by atoms with Crippen molar-refractivity contribution in [2.24, 2.45) is 0 Å². The van der Waals surface area contributed by atoms with Crippen LogP contribution in [-0.4, -0.2) is 37.8 Å². The first-order valence-corrected chi connectivity index (χ1v) is 6.66. The van der Waals surface area contributed by atoms with Crippen molar-refractivity contribution >= 4 is 27.7 Å². The highest BCUT2D eigenvalue weighted by atomic mass is 79.9. The van der Waals surface area contributed by atoms with Gasteiger partial charge in [0.25, 0.3) is 11.8 Å². The van der Waals surface area contributed by atoms with Gasteiger partial charge in [0.1, 0.15) is 19.0 Å². The summed E-state index contributed by atoms with van der Waals surface area (Å²) in [6.07, 6.45) is -4.51. The molecule has 0 aliphatic heterocycles. The molecule has 0 atom stereocenters. The number of ether oxygens (including phenoxy) is 2. The number of amides is 2. The first-order valence-electron chi connectivity index (χ1n) is 5.87. The largest absolute Gasteiger partial charge is 0.484 e. The molecule has 0 spiro atoms.